The Morgan fingerprint density at radius 3 is 2.28 bits per heavy atom. The van der Waals surface area contributed by atoms with Crippen LogP contribution in [0.15, 0.2) is 42.5 Å². The minimum Gasteiger partial charge on any atom is -0.258 e. The molecule has 3 nitrogen and oxygen atoms in total. The van der Waals surface area contributed by atoms with Crippen LogP contribution in [-0.2, 0) is 0 Å². The fraction of sp³-hybridized carbons (Fsp3) is 0. The standard InChI is InChI=1S/C14H8ClNO2/c1-2-10-9-12(5-8-14(10)16(17)18)11-3-6-13(15)7-4-11/h1,3-9H. The van der Waals surface area contributed by atoms with Gasteiger partial charge in [0.2, 0.25) is 0 Å². The van der Waals surface area contributed by atoms with Crippen molar-refractivity contribution < 1.29 is 4.92 Å². The van der Waals surface area contributed by atoms with E-state index in [0.717, 1.165) is 11.1 Å². The van der Waals surface area contributed by atoms with Gasteiger partial charge in [0, 0.05) is 11.1 Å². The van der Waals surface area contributed by atoms with Crippen LogP contribution in [0.3, 0.4) is 0 Å². The molecule has 0 spiro atoms. The largest absolute Gasteiger partial charge is 0.284 e. The average Bonchev–Trinajstić information content (AvgIpc) is 2.38. The van der Waals surface area contributed by atoms with E-state index in [1.165, 1.54) is 6.07 Å². The first kappa shape index (κ1) is 12.2. The molecule has 88 valence electrons. The molecular weight excluding hydrogens is 250 g/mol. The molecule has 0 saturated carbocycles. The normalized spacial score (nSPS) is 9.78. The van der Waals surface area contributed by atoms with E-state index in [4.69, 9.17) is 18.0 Å². The Kier molecular flexibility index (Phi) is 3.31. The summed E-state index contributed by atoms with van der Waals surface area (Å²) in [5.74, 6) is 2.33. The maximum Gasteiger partial charge on any atom is 0.284 e. The highest BCUT2D eigenvalue weighted by Crippen LogP contribution is 2.26. The number of hydrogen-bond donors (Lipinski definition) is 0. The first-order valence-corrected chi connectivity index (χ1v) is 5.50. The van der Waals surface area contributed by atoms with Gasteiger partial charge in [-0.2, -0.15) is 0 Å². The van der Waals surface area contributed by atoms with Gasteiger partial charge in [0.05, 0.1) is 4.92 Å². The van der Waals surface area contributed by atoms with Gasteiger partial charge in [0.25, 0.3) is 5.69 Å². The second kappa shape index (κ2) is 4.91. The quantitative estimate of drug-likeness (QED) is 0.465. The molecule has 0 radical (unpaired) electrons. The van der Waals surface area contributed by atoms with Crippen LogP contribution in [-0.4, -0.2) is 4.92 Å². The van der Waals surface area contributed by atoms with Crippen molar-refractivity contribution in [3.8, 4) is 23.5 Å². The Balaban J connectivity index is 2.51. The fourth-order valence-electron chi connectivity index (χ4n) is 1.63. The van der Waals surface area contributed by atoms with Gasteiger partial charge in [-0.3, -0.25) is 10.1 Å². The Morgan fingerprint density at radius 2 is 1.72 bits per heavy atom. The second-order valence-electron chi connectivity index (χ2n) is 3.64. The maximum absolute atomic E-state index is 10.8. The highest BCUT2D eigenvalue weighted by atomic mass is 35.5. The van der Waals surface area contributed by atoms with E-state index < -0.39 is 4.92 Å². The van der Waals surface area contributed by atoms with Crippen LogP contribution in [0.25, 0.3) is 11.1 Å². The van der Waals surface area contributed by atoms with E-state index in [0.29, 0.717) is 5.02 Å². The van der Waals surface area contributed by atoms with Gasteiger partial charge in [0.1, 0.15) is 5.56 Å². The monoisotopic (exact) mass is 257 g/mol. The minimum atomic E-state index is -0.485. The summed E-state index contributed by atoms with van der Waals surface area (Å²) in [7, 11) is 0. The van der Waals surface area contributed by atoms with Gasteiger partial charge in [-0.1, -0.05) is 29.7 Å². The van der Waals surface area contributed by atoms with Gasteiger partial charge in [-0.15, -0.1) is 6.42 Å². The lowest BCUT2D eigenvalue weighted by Gasteiger charge is -2.03. The minimum absolute atomic E-state index is 0.0600. The van der Waals surface area contributed by atoms with E-state index >= 15 is 0 Å². The first-order chi connectivity index (χ1) is 8.61. The molecule has 0 aliphatic rings. The van der Waals surface area contributed by atoms with E-state index in [-0.39, 0.29) is 11.3 Å². The molecule has 2 aromatic rings. The van der Waals surface area contributed by atoms with Crippen molar-refractivity contribution in [2.75, 3.05) is 0 Å². The Hall–Kier alpha value is -2.31. The van der Waals surface area contributed by atoms with Crippen molar-refractivity contribution >= 4 is 17.3 Å². The lowest BCUT2D eigenvalue weighted by Crippen LogP contribution is -1.92. The topological polar surface area (TPSA) is 43.1 Å². The molecule has 2 aromatic carbocycles. The van der Waals surface area contributed by atoms with Gasteiger partial charge < -0.3 is 0 Å². The van der Waals surface area contributed by atoms with Crippen LogP contribution in [0.5, 0.6) is 0 Å². The molecule has 0 bridgehead atoms. The van der Waals surface area contributed by atoms with Crippen molar-refractivity contribution in [1.29, 1.82) is 0 Å². The molecule has 0 amide bonds. The molecule has 0 aromatic heterocycles. The highest BCUT2D eigenvalue weighted by molar-refractivity contribution is 6.30. The summed E-state index contributed by atoms with van der Waals surface area (Å²) in [5.41, 5.74) is 1.94. The first-order valence-electron chi connectivity index (χ1n) is 5.13. The third-order valence-corrected chi connectivity index (χ3v) is 2.78. The van der Waals surface area contributed by atoms with E-state index in [1.807, 2.05) is 12.1 Å². The zero-order valence-corrected chi connectivity index (χ0v) is 10.0. The molecule has 0 fully saturated rings. The fourth-order valence-corrected chi connectivity index (χ4v) is 1.76. The third-order valence-electron chi connectivity index (χ3n) is 2.53. The number of nitro groups is 1. The van der Waals surface area contributed by atoms with Crippen LogP contribution in [0, 0.1) is 22.5 Å². The number of nitro benzene ring substituents is 1. The highest BCUT2D eigenvalue weighted by Gasteiger charge is 2.12. The number of terminal acetylenes is 1. The number of rotatable bonds is 2. The molecule has 2 rings (SSSR count). The molecule has 18 heavy (non-hydrogen) atoms. The van der Waals surface area contributed by atoms with E-state index in [9.17, 15) is 10.1 Å². The van der Waals surface area contributed by atoms with Crippen molar-refractivity contribution in [1.82, 2.24) is 0 Å². The molecule has 0 aliphatic carbocycles. The van der Waals surface area contributed by atoms with Gasteiger partial charge in [-0.25, -0.2) is 0 Å². The molecule has 0 saturated heterocycles. The molecule has 4 heteroatoms. The van der Waals surface area contributed by atoms with Crippen LogP contribution in [0.2, 0.25) is 5.02 Å². The molecular formula is C14H8ClNO2. The summed E-state index contributed by atoms with van der Waals surface area (Å²) in [4.78, 5) is 10.3. The zero-order chi connectivity index (χ0) is 13.1. The summed E-state index contributed by atoms with van der Waals surface area (Å²) < 4.78 is 0. The Morgan fingerprint density at radius 1 is 1.11 bits per heavy atom. The van der Waals surface area contributed by atoms with E-state index in [2.05, 4.69) is 5.92 Å². The smallest absolute Gasteiger partial charge is 0.258 e. The third kappa shape index (κ3) is 2.34. The van der Waals surface area contributed by atoms with Crippen molar-refractivity contribution in [3.05, 3.63) is 63.2 Å². The SMILES string of the molecule is C#Cc1cc(-c2ccc(Cl)cc2)ccc1[N+](=O)[O-]. The van der Waals surface area contributed by atoms with E-state index in [1.54, 1.807) is 24.3 Å². The lowest BCUT2D eigenvalue weighted by atomic mass is 10.0. The number of hydrogen-bond acceptors (Lipinski definition) is 2. The molecule has 0 atom stereocenters. The molecule has 0 heterocycles. The summed E-state index contributed by atoms with van der Waals surface area (Å²) >= 11 is 5.80. The number of benzene rings is 2. The van der Waals surface area contributed by atoms with Gasteiger partial charge >= 0.3 is 0 Å². The zero-order valence-electron chi connectivity index (χ0n) is 9.26. The van der Waals surface area contributed by atoms with Crippen LogP contribution in [0.1, 0.15) is 5.56 Å². The van der Waals surface area contributed by atoms with Gasteiger partial charge in [-0.05, 0) is 35.4 Å². The van der Waals surface area contributed by atoms with Gasteiger partial charge in [0.15, 0.2) is 0 Å². The predicted molar refractivity (Wildman–Crippen MR) is 71.5 cm³/mol. The van der Waals surface area contributed by atoms with Crippen molar-refractivity contribution in [2.45, 2.75) is 0 Å². The summed E-state index contributed by atoms with van der Waals surface area (Å²) in [6.07, 6.45) is 5.28. The van der Waals surface area contributed by atoms with Crippen molar-refractivity contribution in [3.63, 3.8) is 0 Å². The Labute approximate surface area is 109 Å². The number of halogens is 1. The van der Waals surface area contributed by atoms with Crippen LogP contribution >= 0.6 is 11.6 Å². The Bertz CT molecular complexity index is 642. The van der Waals surface area contributed by atoms with Crippen LogP contribution < -0.4 is 0 Å². The maximum atomic E-state index is 10.8. The summed E-state index contributed by atoms with van der Waals surface area (Å²) in [6.45, 7) is 0. The lowest BCUT2D eigenvalue weighted by molar-refractivity contribution is -0.385. The van der Waals surface area contributed by atoms with Crippen molar-refractivity contribution in [2.24, 2.45) is 0 Å². The summed E-state index contributed by atoms with van der Waals surface area (Å²) in [5, 5.41) is 11.4. The second-order valence-corrected chi connectivity index (χ2v) is 4.08. The van der Waals surface area contributed by atoms with Crippen LogP contribution in [0.4, 0.5) is 5.69 Å². The average molecular weight is 258 g/mol. The molecule has 0 aliphatic heterocycles. The number of nitrogens with zero attached hydrogens (tertiary/aromatic N) is 1. The molecule has 0 unspecified atom stereocenters. The summed E-state index contributed by atoms with van der Waals surface area (Å²) in [6, 6.07) is 11.9. The predicted octanol–water partition coefficient (Wildman–Crippen LogP) is 3.90. The molecule has 0 N–H and O–H groups in total.